The Morgan fingerprint density at radius 2 is 1.70 bits per heavy atom. The van der Waals surface area contributed by atoms with Gasteiger partial charge < -0.3 is 10.4 Å². The molecule has 0 radical (unpaired) electrons. The lowest BCUT2D eigenvalue weighted by Crippen LogP contribution is -2.23. The minimum absolute atomic E-state index is 0.0375. The third-order valence-corrected chi connectivity index (χ3v) is 3.86. The van der Waals surface area contributed by atoms with Gasteiger partial charge in [0.1, 0.15) is 0 Å². The summed E-state index contributed by atoms with van der Waals surface area (Å²) in [5.74, 6) is -1.73. The average Bonchev–Trinajstić information content (AvgIpc) is 2.51. The number of hydrogen-bond acceptors (Lipinski definition) is 2. The van der Waals surface area contributed by atoms with Crippen molar-refractivity contribution in [3.63, 3.8) is 0 Å². The molecule has 2 aromatic rings. The molecular weight excluding hydrogens is 337 g/mol. The molecule has 23 heavy (non-hydrogen) atoms. The van der Waals surface area contributed by atoms with E-state index in [2.05, 4.69) is 5.32 Å². The maximum absolute atomic E-state index is 12.3. The van der Waals surface area contributed by atoms with E-state index in [-0.39, 0.29) is 23.1 Å². The van der Waals surface area contributed by atoms with Crippen molar-refractivity contribution in [3.8, 4) is 0 Å². The minimum atomic E-state index is -1.15. The van der Waals surface area contributed by atoms with Gasteiger partial charge in [0.25, 0.3) is 0 Å². The van der Waals surface area contributed by atoms with Crippen molar-refractivity contribution >= 4 is 40.8 Å². The van der Waals surface area contributed by atoms with E-state index in [9.17, 15) is 14.7 Å². The maximum atomic E-state index is 12.3. The van der Waals surface area contributed by atoms with Crippen molar-refractivity contribution in [2.45, 2.75) is 13.3 Å². The van der Waals surface area contributed by atoms with Gasteiger partial charge in [-0.1, -0.05) is 42.3 Å². The van der Waals surface area contributed by atoms with E-state index >= 15 is 0 Å². The Kier molecular flexibility index (Phi) is 5.64. The first-order valence-electron chi connectivity index (χ1n) is 6.95. The number of carbonyl (C=O) groups excluding carboxylic acids is 1. The highest BCUT2D eigenvalue weighted by Crippen LogP contribution is 2.22. The molecule has 0 aliphatic rings. The monoisotopic (exact) mass is 351 g/mol. The molecule has 1 amide bonds. The van der Waals surface area contributed by atoms with Crippen molar-refractivity contribution < 1.29 is 14.7 Å². The Balaban J connectivity index is 2.09. The van der Waals surface area contributed by atoms with E-state index in [1.54, 1.807) is 19.1 Å². The third-order valence-electron chi connectivity index (χ3n) is 3.37. The Bertz CT molecular complexity index is 729. The fourth-order valence-corrected chi connectivity index (χ4v) is 2.42. The highest BCUT2D eigenvalue weighted by atomic mass is 35.5. The van der Waals surface area contributed by atoms with Crippen LogP contribution in [0, 0.1) is 5.92 Å². The third kappa shape index (κ3) is 4.71. The van der Waals surface area contributed by atoms with Crippen LogP contribution >= 0.6 is 23.2 Å². The minimum Gasteiger partial charge on any atom is -0.478 e. The van der Waals surface area contributed by atoms with Crippen molar-refractivity contribution in [1.29, 1.82) is 0 Å². The predicted octanol–water partition coefficient (Wildman–Crippen LogP) is 4.51. The zero-order valence-electron chi connectivity index (χ0n) is 12.3. The summed E-state index contributed by atoms with van der Waals surface area (Å²) in [6.07, 6.45) is 0.527. The fourth-order valence-electron chi connectivity index (χ4n) is 2.13. The van der Waals surface area contributed by atoms with Crippen LogP contribution in [0.1, 0.15) is 22.8 Å². The number of amides is 1. The lowest BCUT2D eigenvalue weighted by molar-refractivity contribution is -0.119. The Morgan fingerprint density at radius 1 is 1.09 bits per heavy atom. The number of halogens is 2. The van der Waals surface area contributed by atoms with Crippen LogP contribution in [0.15, 0.2) is 42.5 Å². The topological polar surface area (TPSA) is 66.4 Å². The van der Waals surface area contributed by atoms with Gasteiger partial charge in [-0.3, -0.25) is 4.79 Å². The summed E-state index contributed by atoms with van der Waals surface area (Å²) in [5.41, 5.74) is 1.17. The Labute approximate surface area is 144 Å². The standard InChI is InChI=1S/C17H15Cl2NO3/c1-10(8-11-2-4-12(18)5-3-11)16(21)20-15-7-6-13(19)9-14(15)17(22)23/h2-7,9-10H,8H2,1H3,(H,20,21)(H,22,23). The van der Waals surface area contributed by atoms with E-state index < -0.39 is 5.97 Å². The predicted molar refractivity (Wildman–Crippen MR) is 91.4 cm³/mol. The summed E-state index contributed by atoms with van der Waals surface area (Å²) in [6, 6.07) is 11.6. The van der Waals surface area contributed by atoms with Gasteiger partial charge >= 0.3 is 5.97 Å². The van der Waals surface area contributed by atoms with Crippen LogP contribution < -0.4 is 5.32 Å². The number of aromatic carboxylic acids is 1. The van der Waals surface area contributed by atoms with Crippen LogP contribution in [0.4, 0.5) is 5.69 Å². The van der Waals surface area contributed by atoms with Gasteiger partial charge in [0, 0.05) is 16.0 Å². The summed E-state index contributed by atoms with van der Waals surface area (Å²) in [7, 11) is 0. The van der Waals surface area contributed by atoms with Crippen LogP contribution in [-0.2, 0) is 11.2 Å². The van der Waals surface area contributed by atoms with Crippen molar-refractivity contribution in [3.05, 3.63) is 63.6 Å². The quantitative estimate of drug-likeness (QED) is 0.832. The molecule has 120 valence electrons. The molecule has 0 aromatic heterocycles. The van der Waals surface area contributed by atoms with Crippen molar-refractivity contribution in [1.82, 2.24) is 0 Å². The second kappa shape index (κ2) is 7.49. The number of carbonyl (C=O) groups is 2. The molecule has 0 fully saturated rings. The Hall–Kier alpha value is -2.04. The maximum Gasteiger partial charge on any atom is 0.337 e. The lowest BCUT2D eigenvalue weighted by Gasteiger charge is -2.14. The molecule has 0 aliphatic heterocycles. The zero-order valence-corrected chi connectivity index (χ0v) is 13.9. The molecule has 2 rings (SSSR count). The van der Waals surface area contributed by atoms with Crippen molar-refractivity contribution in [2.24, 2.45) is 5.92 Å². The summed E-state index contributed by atoms with van der Waals surface area (Å²) in [4.78, 5) is 23.5. The number of benzene rings is 2. The largest absolute Gasteiger partial charge is 0.478 e. The number of nitrogens with one attached hydrogen (secondary N) is 1. The first kappa shape index (κ1) is 17.3. The summed E-state index contributed by atoms with van der Waals surface area (Å²) < 4.78 is 0. The Morgan fingerprint density at radius 3 is 2.30 bits per heavy atom. The smallest absolute Gasteiger partial charge is 0.337 e. The summed E-state index contributed by atoms with van der Waals surface area (Å²) >= 11 is 11.6. The van der Waals surface area contributed by atoms with Crippen LogP contribution in [-0.4, -0.2) is 17.0 Å². The second-order valence-corrected chi connectivity index (χ2v) is 6.09. The van der Waals surface area contributed by atoms with E-state index in [1.807, 2.05) is 12.1 Å². The molecule has 0 heterocycles. The van der Waals surface area contributed by atoms with Gasteiger partial charge in [-0.15, -0.1) is 0 Å². The summed E-state index contributed by atoms with van der Waals surface area (Å²) in [5, 5.41) is 12.8. The molecule has 0 spiro atoms. The molecule has 1 atom stereocenters. The number of carboxylic acid groups (broad SMARTS) is 1. The number of hydrogen-bond donors (Lipinski definition) is 2. The number of rotatable bonds is 5. The summed E-state index contributed by atoms with van der Waals surface area (Å²) in [6.45, 7) is 1.78. The van der Waals surface area contributed by atoms with E-state index in [0.717, 1.165) is 5.56 Å². The molecule has 0 bridgehead atoms. The molecular formula is C17H15Cl2NO3. The molecule has 2 aromatic carbocycles. The van der Waals surface area contributed by atoms with Gasteiger partial charge in [0.15, 0.2) is 0 Å². The molecule has 0 saturated carbocycles. The van der Waals surface area contributed by atoms with Crippen LogP contribution in [0.5, 0.6) is 0 Å². The fraction of sp³-hybridized carbons (Fsp3) is 0.176. The highest BCUT2D eigenvalue weighted by Gasteiger charge is 2.17. The SMILES string of the molecule is CC(Cc1ccc(Cl)cc1)C(=O)Nc1ccc(Cl)cc1C(=O)O. The molecule has 6 heteroatoms. The first-order valence-corrected chi connectivity index (χ1v) is 7.70. The lowest BCUT2D eigenvalue weighted by atomic mass is 10.00. The average molecular weight is 352 g/mol. The number of carboxylic acids is 1. The molecule has 4 nitrogen and oxygen atoms in total. The first-order chi connectivity index (χ1) is 10.9. The normalized spacial score (nSPS) is 11.8. The highest BCUT2D eigenvalue weighted by molar-refractivity contribution is 6.31. The zero-order chi connectivity index (χ0) is 17.0. The van der Waals surface area contributed by atoms with Gasteiger partial charge in [0.2, 0.25) is 5.91 Å². The molecule has 1 unspecified atom stereocenters. The van der Waals surface area contributed by atoms with Gasteiger partial charge in [-0.25, -0.2) is 4.79 Å². The molecule has 2 N–H and O–H groups in total. The molecule has 0 aliphatic carbocycles. The van der Waals surface area contributed by atoms with E-state index in [1.165, 1.54) is 18.2 Å². The van der Waals surface area contributed by atoms with E-state index in [0.29, 0.717) is 16.5 Å². The number of anilines is 1. The van der Waals surface area contributed by atoms with Gasteiger partial charge in [-0.05, 0) is 42.3 Å². The molecule has 0 saturated heterocycles. The van der Waals surface area contributed by atoms with E-state index in [4.69, 9.17) is 23.2 Å². The van der Waals surface area contributed by atoms with Crippen LogP contribution in [0.2, 0.25) is 10.0 Å². The van der Waals surface area contributed by atoms with Gasteiger partial charge in [-0.2, -0.15) is 0 Å². The van der Waals surface area contributed by atoms with Crippen LogP contribution in [0.25, 0.3) is 0 Å². The second-order valence-electron chi connectivity index (χ2n) is 5.22. The van der Waals surface area contributed by atoms with Crippen molar-refractivity contribution in [2.75, 3.05) is 5.32 Å². The van der Waals surface area contributed by atoms with Gasteiger partial charge in [0.05, 0.1) is 11.3 Å². The van der Waals surface area contributed by atoms with Crippen LogP contribution in [0.3, 0.4) is 0 Å².